The fraction of sp³-hybridized carbons (Fsp3) is 0.150. The van der Waals surface area contributed by atoms with Crippen LogP contribution in [0.5, 0.6) is 5.75 Å². The van der Waals surface area contributed by atoms with Crippen molar-refractivity contribution in [2.45, 2.75) is 0 Å². The van der Waals surface area contributed by atoms with Gasteiger partial charge in [0.15, 0.2) is 0 Å². The summed E-state index contributed by atoms with van der Waals surface area (Å²) in [6.07, 6.45) is 0. The van der Waals surface area contributed by atoms with Crippen molar-refractivity contribution in [3.63, 3.8) is 0 Å². The largest absolute Gasteiger partial charge is 0.497 e. The summed E-state index contributed by atoms with van der Waals surface area (Å²) in [7, 11) is 5.55. The number of rotatable bonds is 5. The highest BCUT2D eigenvalue weighted by molar-refractivity contribution is 7.15. The molecule has 0 spiro atoms. The average molecular weight is 393 g/mol. The monoisotopic (exact) mass is 393 g/mol. The van der Waals surface area contributed by atoms with Gasteiger partial charge in [0, 0.05) is 36.3 Å². The molecule has 4 aromatic rings. The fourth-order valence-corrected chi connectivity index (χ4v) is 3.63. The summed E-state index contributed by atoms with van der Waals surface area (Å²) in [5.41, 5.74) is 3.44. The van der Waals surface area contributed by atoms with E-state index in [1.54, 1.807) is 23.8 Å². The number of anilines is 2. The van der Waals surface area contributed by atoms with Gasteiger partial charge in [-0.1, -0.05) is 12.1 Å². The second-order valence-electron chi connectivity index (χ2n) is 6.38. The Bertz CT molecular complexity index is 1130. The zero-order valence-electron chi connectivity index (χ0n) is 15.7. The highest BCUT2D eigenvalue weighted by atomic mass is 32.1. The molecule has 0 fully saturated rings. The number of fused-ring (bicyclic) bond motifs is 1. The van der Waals surface area contributed by atoms with Crippen LogP contribution >= 0.6 is 11.3 Å². The Morgan fingerprint density at radius 1 is 1.18 bits per heavy atom. The highest BCUT2D eigenvalue weighted by Crippen LogP contribution is 2.28. The van der Waals surface area contributed by atoms with Crippen LogP contribution in [0.3, 0.4) is 0 Å². The minimum atomic E-state index is -0.244. The molecule has 0 atom stereocenters. The molecule has 2 heterocycles. The molecule has 1 N–H and O–H groups in total. The van der Waals surface area contributed by atoms with Gasteiger partial charge in [-0.15, -0.1) is 16.4 Å². The molecular weight excluding hydrogens is 374 g/mol. The molecule has 0 unspecified atom stereocenters. The van der Waals surface area contributed by atoms with Crippen LogP contribution in [0.1, 0.15) is 10.4 Å². The zero-order chi connectivity index (χ0) is 19.7. The molecular formula is C20H19N5O2S. The smallest absolute Gasteiger partial charge is 0.258 e. The molecule has 2 aromatic heterocycles. The normalized spacial score (nSPS) is 10.8. The molecule has 0 bridgehead atoms. The molecule has 7 nitrogen and oxygen atoms in total. The first kappa shape index (κ1) is 18.0. The topological polar surface area (TPSA) is 71.8 Å². The van der Waals surface area contributed by atoms with Crippen LogP contribution in [0.25, 0.3) is 16.2 Å². The average Bonchev–Trinajstić information content (AvgIpc) is 3.28. The predicted molar refractivity (Wildman–Crippen MR) is 112 cm³/mol. The number of benzene rings is 2. The number of thiazole rings is 1. The molecule has 4 rings (SSSR count). The highest BCUT2D eigenvalue weighted by Gasteiger charge is 2.15. The lowest BCUT2D eigenvalue weighted by Gasteiger charge is -2.12. The van der Waals surface area contributed by atoms with E-state index < -0.39 is 0 Å². The summed E-state index contributed by atoms with van der Waals surface area (Å²) in [5.74, 6) is 0.802. The first-order valence-electron chi connectivity index (χ1n) is 8.62. The van der Waals surface area contributed by atoms with Crippen molar-refractivity contribution in [3.8, 4) is 17.0 Å². The van der Waals surface area contributed by atoms with E-state index in [0.29, 0.717) is 10.5 Å². The fourth-order valence-electron chi connectivity index (χ4n) is 2.80. The quantitative estimate of drug-likeness (QED) is 0.559. The maximum Gasteiger partial charge on any atom is 0.258 e. The summed E-state index contributed by atoms with van der Waals surface area (Å²) in [6, 6.07) is 15.1. The summed E-state index contributed by atoms with van der Waals surface area (Å²) < 4.78 is 7.02. The van der Waals surface area contributed by atoms with Crippen LogP contribution < -0.4 is 15.0 Å². The summed E-state index contributed by atoms with van der Waals surface area (Å²) in [6.45, 7) is 0. The van der Waals surface area contributed by atoms with Gasteiger partial charge in [-0.3, -0.25) is 10.1 Å². The second kappa shape index (κ2) is 7.32. The number of methoxy groups -OCH3 is 1. The van der Waals surface area contributed by atoms with Crippen molar-refractivity contribution in [2.75, 3.05) is 31.4 Å². The van der Waals surface area contributed by atoms with Gasteiger partial charge in [-0.05, 0) is 36.4 Å². The van der Waals surface area contributed by atoms with Gasteiger partial charge in [0.1, 0.15) is 5.75 Å². The first-order chi connectivity index (χ1) is 13.5. The number of ether oxygens (including phenoxy) is 1. The SMILES string of the molecule is COc1cccc(-c2csc3nc(NC(=O)c4ccc(N(C)C)cc4)nn23)c1. The van der Waals surface area contributed by atoms with E-state index in [0.717, 1.165) is 22.7 Å². The molecule has 0 radical (unpaired) electrons. The van der Waals surface area contributed by atoms with E-state index in [2.05, 4.69) is 15.4 Å². The van der Waals surface area contributed by atoms with Crippen molar-refractivity contribution < 1.29 is 9.53 Å². The third-order valence-corrected chi connectivity index (χ3v) is 5.13. The van der Waals surface area contributed by atoms with Gasteiger partial charge >= 0.3 is 0 Å². The Morgan fingerprint density at radius 3 is 2.68 bits per heavy atom. The van der Waals surface area contributed by atoms with E-state index in [1.165, 1.54) is 11.3 Å². The van der Waals surface area contributed by atoms with E-state index in [1.807, 2.05) is 60.8 Å². The van der Waals surface area contributed by atoms with Gasteiger partial charge in [0.05, 0.1) is 12.8 Å². The van der Waals surface area contributed by atoms with Gasteiger partial charge in [-0.2, -0.15) is 4.98 Å². The van der Waals surface area contributed by atoms with Gasteiger partial charge in [0.2, 0.25) is 4.96 Å². The summed E-state index contributed by atoms with van der Waals surface area (Å²) >= 11 is 1.46. The predicted octanol–water partition coefficient (Wildman–Crippen LogP) is 3.78. The lowest BCUT2D eigenvalue weighted by Crippen LogP contribution is -2.14. The number of hydrogen-bond acceptors (Lipinski definition) is 6. The molecule has 0 saturated carbocycles. The summed E-state index contributed by atoms with van der Waals surface area (Å²) in [5, 5.41) is 9.20. The van der Waals surface area contributed by atoms with Crippen molar-refractivity contribution in [1.29, 1.82) is 0 Å². The lowest BCUT2D eigenvalue weighted by atomic mass is 10.2. The minimum absolute atomic E-state index is 0.244. The molecule has 1 amide bonds. The minimum Gasteiger partial charge on any atom is -0.497 e. The first-order valence-corrected chi connectivity index (χ1v) is 9.50. The number of carbonyl (C=O) groups excluding carboxylic acids is 1. The van der Waals surface area contributed by atoms with E-state index >= 15 is 0 Å². The van der Waals surface area contributed by atoms with Crippen LogP contribution in [-0.2, 0) is 0 Å². The van der Waals surface area contributed by atoms with Gasteiger partial charge in [-0.25, -0.2) is 4.52 Å². The van der Waals surface area contributed by atoms with Crippen molar-refractivity contribution >= 4 is 33.8 Å². The van der Waals surface area contributed by atoms with Crippen LogP contribution in [0.2, 0.25) is 0 Å². The van der Waals surface area contributed by atoms with Crippen LogP contribution in [0.15, 0.2) is 53.9 Å². The molecule has 0 aliphatic carbocycles. The Balaban J connectivity index is 1.58. The Morgan fingerprint density at radius 2 is 1.96 bits per heavy atom. The Hall–Kier alpha value is -3.39. The van der Waals surface area contributed by atoms with Crippen LogP contribution in [-0.4, -0.2) is 41.7 Å². The van der Waals surface area contributed by atoms with E-state index in [9.17, 15) is 4.79 Å². The van der Waals surface area contributed by atoms with Crippen molar-refractivity contribution in [2.24, 2.45) is 0 Å². The van der Waals surface area contributed by atoms with Gasteiger partial charge in [0.25, 0.3) is 11.9 Å². The molecule has 8 heteroatoms. The van der Waals surface area contributed by atoms with E-state index in [-0.39, 0.29) is 11.9 Å². The second-order valence-corrected chi connectivity index (χ2v) is 7.21. The Kier molecular flexibility index (Phi) is 4.70. The molecule has 2 aromatic carbocycles. The third-order valence-electron chi connectivity index (χ3n) is 4.32. The van der Waals surface area contributed by atoms with Crippen molar-refractivity contribution in [1.82, 2.24) is 14.6 Å². The van der Waals surface area contributed by atoms with Crippen molar-refractivity contribution in [3.05, 3.63) is 59.5 Å². The number of carbonyl (C=O) groups is 1. The molecule has 0 aliphatic rings. The summed E-state index contributed by atoms with van der Waals surface area (Å²) in [4.78, 5) is 19.6. The van der Waals surface area contributed by atoms with Crippen LogP contribution in [0.4, 0.5) is 11.6 Å². The Labute approximate surface area is 166 Å². The standard InChI is InChI=1S/C20H19N5O2S/c1-24(2)15-9-7-13(8-10-15)18(26)21-19-22-20-25(23-19)17(12-28-20)14-5-4-6-16(11-14)27-3/h4-12H,1-3H3,(H,21,23,26). The van der Waals surface area contributed by atoms with Crippen LogP contribution in [0, 0.1) is 0 Å². The number of nitrogens with one attached hydrogen (secondary N) is 1. The molecule has 142 valence electrons. The number of amides is 1. The molecule has 0 saturated heterocycles. The van der Waals surface area contributed by atoms with E-state index in [4.69, 9.17) is 4.74 Å². The lowest BCUT2D eigenvalue weighted by molar-refractivity contribution is 0.102. The zero-order valence-corrected chi connectivity index (χ0v) is 16.5. The molecule has 28 heavy (non-hydrogen) atoms. The maximum absolute atomic E-state index is 12.5. The molecule has 0 aliphatic heterocycles. The maximum atomic E-state index is 12.5. The third kappa shape index (κ3) is 3.41. The van der Waals surface area contributed by atoms with Gasteiger partial charge < -0.3 is 9.64 Å². The number of aromatic nitrogens is 3. The number of nitrogens with zero attached hydrogens (tertiary/aromatic N) is 4. The number of hydrogen-bond donors (Lipinski definition) is 1.